The predicted octanol–water partition coefficient (Wildman–Crippen LogP) is 4.41. The first-order valence-corrected chi connectivity index (χ1v) is 10.1. The molecule has 0 atom stereocenters. The number of thiazole rings is 1. The largest absolute Gasteiger partial charge is 0.410 e. The lowest BCUT2D eigenvalue weighted by atomic mass is 10.1. The first-order chi connectivity index (χ1) is 12.5. The van der Waals surface area contributed by atoms with E-state index in [9.17, 15) is 4.79 Å². The maximum atomic E-state index is 12.3. The van der Waals surface area contributed by atoms with E-state index >= 15 is 0 Å². The number of nitrogens with zero attached hydrogens (tertiary/aromatic N) is 3. The van der Waals surface area contributed by atoms with E-state index < -0.39 is 0 Å². The van der Waals surface area contributed by atoms with Crippen molar-refractivity contribution in [1.82, 2.24) is 15.2 Å². The van der Waals surface area contributed by atoms with Crippen LogP contribution < -0.4 is 5.32 Å². The van der Waals surface area contributed by atoms with E-state index in [1.54, 1.807) is 0 Å². The van der Waals surface area contributed by atoms with Crippen molar-refractivity contribution in [2.24, 2.45) is 0 Å². The molecule has 0 aliphatic heterocycles. The van der Waals surface area contributed by atoms with E-state index in [0.29, 0.717) is 11.1 Å². The summed E-state index contributed by atoms with van der Waals surface area (Å²) >= 11 is 2.74. The molecule has 1 N–H and O–H groups in total. The molecule has 1 amide bonds. The van der Waals surface area contributed by atoms with Crippen molar-refractivity contribution in [1.29, 1.82) is 0 Å². The number of benzene rings is 1. The molecule has 3 aromatic rings. The van der Waals surface area contributed by atoms with Crippen LogP contribution in [0.3, 0.4) is 0 Å². The summed E-state index contributed by atoms with van der Waals surface area (Å²) in [6.07, 6.45) is 0.866. The fourth-order valence-corrected chi connectivity index (χ4v) is 4.00. The van der Waals surface area contributed by atoms with E-state index in [1.165, 1.54) is 23.1 Å². The van der Waals surface area contributed by atoms with Gasteiger partial charge in [0.25, 0.3) is 11.1 Å². The van der Waals surface area contributed by atoms with Gasteiger partial charge in [0.05, 0.1) is 16.5 Å². The minimum Gasteiger partial charge on any atom is -0.410 e. The van der Waals surface area contributed by atoms with Gasteiger partial charge in [0, 0.05) is 5.69 Å². The number of anilines is 1. The van der Waals surface area contributed by atoms with Crippen molar-refractivity contribution in [3.05, 3.63) is 40.0 Å². The average Bonchev–Trinajstić information content (AvgIpc) is 3.20. The topological polar surface area (TPSA) is 80.9 Å². The van der Waals surface area contributed by atoms with Gasteiger partial charge < -0.3 is 9.73 Å². The molecule has 8 heteroatoms. The number of carbonyl (C=O) groups excluding carboxylic acids is 1. The summed E-state index contributed by atoms with van der Waals surface area (Å²) in [7, 11) is 0. The second kappa shape index (κ2) is 8.01. The number of aromatic nitrogens is 3. The molecule has 0 saturated heterocycles. The number of hydrogen-bond donors (Lipinski definition) is 1. The standard InChI is InChI=1S/C18H20N4O2S2/c1-5-13-8-6-7-10(2)15(13)20-14(23)9-25-18-22-21-17(24-18)16-11(3)19-12(4)26-16/h6-8H,5,9H2,1-4H3,(H,20,23). The van der Waals surface area contributed by atoms with E-state index in [-0.39, 0.29) is 11.7 Å². The molecule has 136 valence electrons. The Hall–Kier alpha value is -2.19. The molecule has 0 radical (unpaired) electrons. The highest BCUT2D eigenvalue weighted by Crippen LogP contribution is 2.30. The Balaban J connectivity index is 1.63. The van der Waals surface area contributed by atoms with Gasteiger partial charge >= 0.3 is 0 Å². The number of hydrogen-bond acceptors (Lipinski definition) is 7. The fourth-order valence-electron chi connectivity index (χ4n) is 2.59. The van der Waals surface area contributed by atoms with Crippen molar-refractivity contribution in [2.45, 2.75) is 39.3 Å². The van der Waals surface area contributed by atoms with Gasteiger partial charge in [-0.05, 0) is 38.3 Å². The highest BCUT2D eigenvalue weighted by molar-refractivity contribution is 7.99. The van der Waals surface area contributed by atoms with Crippen LogP contribution in [-0.4, -0.2) is 26.8 Å². The maximum Gasteiger partial charge on any atom is 0.277 e. The van der Waals surface area contributed by atoms with Crippen LogP contribution in [0.1, 0.15) is 28.8 Å². The lowest BCUT2D eigenvalue weighted by molar-refractivity contribution is -0.113. The highest BCUT2D eigenvalue weighted by atomic mass is 32.2. The van der Waals surface area contributed by atoms with Gasteiger partial charge in [0.1, 0.15) is 4.88 Å². The normalized spacial score (nSPS) is 10.9. The monoisotopic (exact) mass is 388 g/mol. The Morgan fingerprint density at radius 2 is 2.08 bits per heavy atom. The molecule has 0 bridgehead atoms. The van der Waals surface area contributed by atoms with Crippen LogP contribution in [0.15, 0.2) is 27.8 Å². The quantitative estimate of drug-likeness (QED) is 0.630. The van der Waals surface area contributed by atoms with Crippen LogP contribution in [0.2, 0.25) is 0 Å². The van der Waals surface area contributed by atoms with Gasteiger partial charge in [0.2, 0.25) is 5.91 Å². The number of nitrogens with one attached hydrogen (secondary N) is 1. The third-order valence-corrected chi connectivity index (χ3v) is 5.71. The Morgan fingerprint density at radius 1 is 1.27 bits per heavy atom. The molecular weight excluding hydrogens is 368 g/mol. The van der Waals surface area contributed by atoms with Gasteiger partial charge in [-0.1, -0.05) is 36.9 Å². The van der Waals surface area contributed by atoms with E-state index in [2.05, 4.69) is 27.4 Å². The number of carbonyl (C=O) groups is 1. The lowest BCUT2D eigenvalue weighted by Crippen LogP contribution is -2.16. The van der Waals surface area contributed by atoms with Gasteiger partial charge in [0.15, 0.2) is 0 Å². The number of rotatable bonds is 6. The summed E-state index contributed by atoms with van der Waals surface area (Å²) < 4.78 is 5.66. The summed E-state index contributed by atoms with van der Waals surface area (Å²) in [5.41, 5.74) is 3.94. The number of thioether (sulfide) groups is 1. The molecule has 0 aliphatic carbocycles. The second-order valence-corrected chi connectivity index (χ2v) is 7.95. The number of aryl methyl sites for hydroxylation is 4. The molecule has 3 rings (SSSR count). The first-order valence-electron chi connectivity index (χ1n) is 8.27. The molecular formula is C18H20N4O2S2. The highest BCUT2D eigenvalue weighted by Gasteiger charge is 2.16. The molecule has 0 fully saturated rings. The average molecular weight is 389 g/mol. The van der Waals surface area contributed by atoms with Crippen LogP contribution in [0, 0.1) is 20.8 Å². The smallest absolute Gasteiger partial charge is 0.277 e. The first kappa shape index (κ1) is 18.6. The Kier molecular flexibility index (Phi) is 5.73. The second-order valence-electron chi connectivity index (χ2n) is 5.82. The summed E-state index contributed by atoms with van der Waals surface area (Å²) in [6.45, 7) is 7.92. The Labute approximate surface area is 160 Å². The van der Waals surface area contributed by atoms with Crippen molar-refractivity contribution < 1.29 is 9.21 Å². The molecule has 0 aliphatic rings. The SMILES string of the molecule is CCc1cccc(C)c1NC(=O)CSc1nnc(-c2sc(C)nc2C)o1. The minimum atomic E-state index is -0.0939. The van der Waals surface area contributed by atoms with Crippen LogP contribution >= 0.6 is 23.1 Å². The van der Waals surface area contributed by atoms with Gasteiger partial charge in [-0.3, -0.25) is 4.79 Å². The molecule has 2 aromatic heterocycles. The molecule has 0 unspecified atom stereocenters. The van der Waals surface area contributed by atoms with Gasteiger partial charge in [-0.2, -0.15) is 0 Å². The zero-order chi connectivity index (χ0) is 18.7. The maximum absolute atomic E-state index is 12.3. The molecule has 2 heterocycles. The van der Waals surface area contributed by atoms with Gasteiger partial charge in [-0.25, -0.2) is 4.98 Å². The number of para-hydroxylation sites is 1. The molecule has 26 heavy (non-hydrogen) atoms. The third kappa shape index (κ3) is 4.13. The summed E-state index contributed by atoms with van der Waals surface area (Å²) in [4.78, 5) is 17.5. The lowest BCUT2D eigenvalue weighted by Gasteiger charge is -2.12. The summed E-state index contributed by atoms with van der Waals surface area (Å²) in [6, 6.07) is 6.02. The van der Waals surface area contributed by atoms with Crippen molar-refractivity contribution >= 4 is 34.7 Å². The molecule has 0 saturated carbocycles. The predicted molar refractivity (Wildman–Crippen MR) is 105 cm³/mol. The third-order valence-electron chi connectivity index (χ3n) is 3.84. The van der Waals surface area contributed by atoms with Gasteiger partial charge in [-0.15, -0.1) is 21.5 Å². The van der Waals surface area contributed by atoms with E-state index in [1.807, 2.05) is 39.0 Å². The Bertz CT molecular complexity index is 933. The summed E-state index contributed by atoms with van der Waals surface area (Å²) in [5, 5.41) is 12.4. The van der Waals surface area contributed by atoms with Crippen molar-refractivity contribution in [3.63, 3.8) is 0 Å². The molecule has 0 spiro atoms. The molecule has 6 nitrogen and oxygen atoms in total. The van der Waals surface area contributed by atoms with Crippen molar-refractivity contribution in [2.75, 3.05) is 11.1 Å². The molecule has 1 aromatic carbocycles. The number of amides is 1. The zero-order valence-corrected chi connectivity index (χ0v) is 16.8. The summed E-state index contributed by atoms with van der Waals surface area (Å²) in [5.74, 6) is 0.562. The van der Waals surface area contributed by atoms with Crippen LogP contribution in [-0.2, 0) is 11.2 Å². The minimum absolute atomic E-state index is 0.0939. The van der Waals surface area contributed by atoms with Crippen LogP contribution in [0.5, 0.6) is 0 Å². The Morgan fingerprint density at radius 3 is 2.77 bits per heavy atom. The van der Waals surface area contributed by atoms with Crippen molar-refractivity contribution in [3.8, 4) is 10.8 Å². The van der Waals surface area contributed by atoms with E-state index in [4.69, 9.17) is 4.42 Å². The van der Waals surface area contributed by atoms with E-state index in [0.717, 1.165) is 38.8 Å². The fraction of sp³-hybridized carbons (Fsp3) is 0.333. The zero-order valence-electron chi connectivity index (χ0n) is 15.1. The van der Waals surface area contributed by atoms with Crippen LogP contribution in [0.4, 0.5) is 5.69 Å². The van der Waals surface area contributed by atoms with Crippen LogP contribution in [0.25, 0.3) is 10.8 Å².